The van der Waals surface area contributed by atoms with Crippen LogP contribution < -0.4 is 5.73 Å². The van der Waals surface area contributed by atoms with Gasteiger partial charge in [-0.3, -0.25) is 4.99 Å². The predicted octanol–water partition coefficient (Wildman–Crippen LogP) is 1.35. The second-order valence-corrected chi connectivity index (χ2v) is 5.15. The van der Waals surface area contributed by atoms with Crippen LogP contribution in [0.2, 0.25) is 0 Å². The van der Waals surface area contributed by atoms with Gasteiger partial charge in [-0.1, -0.05) is 0 Å². The fraction of sp³-hybridized carbons (Fsp3) is 0.462. The molecule has 1 atom stereocenters. The van der Waals surface area contributed by atoms with Crippen LogP contribution in [0.25, 0.3) is 0 Å². The summed E-state index contributed by atoms with van der Waals surface area (Å²) >= 11 is 0. The molecule has 0 saturated carbocycles. The molecule has 1 aliphatic rings. The van der Waals surface area contributed by atoms with Gasteiger partial charge in [-0.2, -0.15) is 0 Å². The van der Waals surface area contributed by atoms with E-state index in [1.807, 2.05) is 25.7 Å². The minimum Gasteiger partial charge on any atom is -0.508 e. The van der Waals surface area contributed by atoms with Gasteiger partial charge in [0.05, 0.1) is 12.1 Å². The third-order valence-electron chi connectivity index (χ3n) is 3.37. The number of guanidine groups is 1. The molecule has 1 heterocycles. The van der Waals surface area contributed by atoms with Crippen molar-refractivity contribution in [3.05, 3.63) is 23.8 Å². The fourth-order valence-corrected chi connectivity index (χ4v) is 2.61. The summed E-state index contributed by atoms with van der Waals surface area (Å²) in [5.41, 5.74) is 6.29. The number of phenols is 2. The van der Waals surface area contributed by atoms with Crippen LogP contribution in [0.1, 0.15) is 26.3 Å². The van der Waals surface area contributed by atoms with Crippen LogP contribution in [0.4, 0.5) is 0 Å². The summed E-state index contributed by atoms with van der Waals surface area (Å²) in [4.78, 5) is 6.29. The average Bonchev–Trinajstić information content (AvgIpc) is 2.54. The van der Waals surface area contributed by atoms with Crippen LogP contribution in [0, 0.1) is 0 Å². The molecule has 98 valence electrons. The van der Waals surface area contributed by atoms with Crippen LogP contribution in [-0.2, 0) is 5.54 Å². The minimum absolute atomic E-state index is 0.0420. The van der Waals surface area contributed by atoms with Crippen LogP contribution >= 0.6 is 0 Å². The largest absolute Gasteiger partial charge is 0.508 e. The van der Waals surface area contributed by atoms with Gasteiger partial charge in [-0.05, 0) is 38.5 Å². The van der Waals surface area contributed by atoms with Crippen molar-refractivity contribution in [1.29, 1.82) is 0 Å². The number of nitrogens with two attached hydrogens (primary N) is 1. The highest BCUT2D eigenvalue weighted by Gasteiger charge is 2.41. The first-order valence-electron chi connectivity index (χ1n) is 5.97. The third kappa shape index (κ3) is 1.85. The van der Waals surface area contributed by atoms with Crippen LogP contribution in [0.5, 0.6) is 11.5 Å². The standard InChI is InChI=1S/C13H19N3O2/c1-8(2)16-12(14)15-7-13(16,3)9-4-10(17)6-11(18)5-9/h4-6,8,17-18H,7H2,1-3H3,(H2,14,15). The highest BCUT2D eigenvalue weighted by atomic mass is 16.3. The molecule has 18 heavy (non-hydrogen) atoms. The summed E-state index contributed by atoms with van der Waals surface area (Å²) in [6.45, 7) is 6.59. The monoisotopic (exact) mass is 249 g/mol. The van der Waals surface area contributed by atoms with Gasteiger partial charge in [-0.15, -0.1) is 0 Å². The molecule has 0 saturated heterocycles. The zero-order valence-electron chi connectivity index (χ0n) is 10.9. The van der Waals surface area contributed by atoms with Crippen molar-refractivity contribution < 1.29 is 10.2 Å². The van der Waals surface area contributed by atoms with E-state index in [9.17, 15) is 10.2 Å². The normalized spacial score (nSPS) is 23.6. The number of hydrogen-bond donors (Lipinski definition) is 3. The van der Waals surface area contributed by atoms with E-state index >= 15 is 0 Å². The molecule has 1 aromatic carbocycles. The Morgan fingerprint density at radius 3 is 2.33 bits per heavy atom. The van der Waals surface area contributed by atoms with Gasteiger partial charge >= 0.3 is 0 Å². The first-order valence-corrected chi connectivity index (χ1v) is 5.97. The van der Waals surface area contributed by atoms with E-state index < -0.39 is 5.54 Å². The highest BCUT2D eigenvalue weighted by molar-refractivity contribution is 5.81. The van der Waals surface area contributed by atoms with Gasteiger partial charge in [0.25, 0.3) is 0 Å². The van der Waals surface area contributed by atoms with E-state index in [1.165, 1.54) is 6.07 Å². The number of aromatic hydroxyl groups is 2. The van der Waals surface area contributed by atoms with Crippen molar-refractivity contribution in [3.63, 3.8) is 0 Å². The maximum atomic E-state index is 9.61. The van der Waals surface area contributed by atoms with Gasteiger partial charge in [0, 0.05) is 12.1 Å². The molecule has 1 aliphatic heterocycles. The van der Waals surface area contributed by atoms with Crippen LogP contribution in [-0.4, -0.2) is 33.7 Å². The molecule has 1 aromatic rings. The van der Waals surface area contributed by atoms with E-state index in [1.54, 1.807) is 12.1 Å². The van der Waals surface area contributed by atoms with Crippen molar-refractivity contribution in [3.8, 4) is 11.5 Å². The van der Waals surface area contributed by atoms with Gasteiger partial charge in [0.1, 0.15) is 11.5 Å². The Morgan fingerprint density at radius 1 is 1.28 bits per heavy atom. The SMILES string of the molecule is CC(C)N1C(N)=NCC1(C)c1cc(O)cc(O)c1. The minimum atomic E-state index is -0.436. The molecular weight excluding hydrogens is 230 g/mol. The van der Waals surface area contributed by atoms with Crippen LogP contribution in [0.3, 0.4) is 0 Å². The van der Waals surface area contributed by atoms with E-state index in [-0.39, 0.29) is 17.5 Å². The van der Waals surface area contributed by atoms with Gasteiger partial charge in [0.15, 0.2) is 5.96 Å². The molecule has 5 nitrogen and oxygen atoms in total. The molecule has 5 heteroatoms. The molecule has 0 spiro atoms. The van der Waals surface area contributed by atoms with Crippen molar-refractivity contribution in [2.75, 3.05) is 6.54 Å². The summed E-state index contributed by atoms with van der Waals surface area (Å²) in [6.07, 6.45) is 0. The van der Waals surface area contributed by atoms with Gasteiger partial charge < -0.3 is 20.8 Å². The first kappa shape index (κ1) is 12.5. The zero-order chi connectivity index (χ0) is 13.5. The number of nitrogens with zero attached hydrogens (tertiary/aromatic N) is 2. The average molecular weight is 249 g/mol. The van der Waals surface area contributed by atoms with Gasteiger partial charge in [0.2, 0.25) is 0 Å². The predicted molar refractivity (Wildman–Crippen MR) is 70.6 cm³/mol. The Hall–Kier alpha value is -1.91. The number of aliphatic imine (C=N–C) groups is 1. The molecular formula is C13H19N3O2. The first-order chi connectivity index (χ1) is 8.34. The molecule has 0 aromatic heterocycles. The Kier molecular flexibility index (Phi) is 2.84. The quantitative estimate of drug-likeness (QED) is 0.739. The molecule has 0 bridgehead atoms. The van der Waals surface area contributed by atoms with Crippen LogP contribution in [0.15, 0.2) is 23.2 Å². The molecule has 0 aliphatic carbocycles. The van der Waals surface area contributed by atoms with Crippen molar-refractivity contribution in [2.45, 2.75) is 32.4 Å². The van der Waals surface area contributed by atoms with Crippen molar-refractivity contribution in [2.24, 2.45) is 10.7 Å². The molecule has 0 radical (unpaired) electrons. The number of hydrogen-bond acceptors (Lipinski definition) is 5. The lowest BCUT2D eigenvalue weighted by Gasteiger charge is -2.39. The second-order valence-electron chi connectivity index (χ2n) is 5.15. The smallest absolute Gasteiger partial charge is 0.192 e. The van der Waals surface area contributed by atoms with Crippen molar-refractivity contribution in [1.82, 2.24) is 4.90 Å². The summed E-state index contributed by atoms with van der Waals surface area (Å²) in [5, 5.41) is 19.2. The maximum Gasteiger partial charge on any atom is 0.192 e. The number of benzene rings is 1. The Labute approximate surface area is 107 Å². The summed E-state index contributed by atoms with van der Waals surface area (Å²) < 4.78 is 0. The lowest BCUT2D eigenvalue weighted by Crippen LogP contribution is -2.50. The Bertz CT molecular complexity index is 479. The third-order valence-corrected chi connectivity index (χ3v) is 3.37. The topological polar surface area (TPSA) is 82.1 Å². The van der Waals surface area contributed by atoms with E-state index in [2.05, 4.69) is 4.99 Å². The van der Waals surface area contributed by atoms with E-state index in [0.29, 0.717) is 12.5 Å². The van der Waals surface area contributed by atoms with Gasteiger partial charge in [-0.25, -0.2) is 0 Å². The highest BCUT2D eigenvalue weighted by Crippen LogP contribution is 2.37. The van der Waals surface area contributed by atoms with E-state index in [4.69, 9.17) is 5.73 Å². The summed E-state index contributed by atoms with van der Waals surface area (Å²) in [7, 11) is 0. The Morgan fingerprint density at radius 2 is 1.83 bits per heavy atom. The lowest BCUT2D eigenvalue weighted by molar-refractivity contribution is 0.184. The maximum absolute atomic E-state index is 9.61. The van der Waals surface area contributed by atoms with E-state index in [0.717, 1.165) is 5.56 Å². The Balaban J connectivity index is 2.48. The lowest BCUT2D eigenvalue weighted by atomic mass is 9.89. The molecule has 4 N–H and O–H groups in total. The van der Waals surface area contributed by atoms with Crippen molar-refractivity contribution >= 4 is 5.96 Å². The molecule has 0 fully saturated rings. The second kappa shape index (κ2) is 4.08. The number of rotatable bonds is 2. The molecule has 0 amide bonds. The number of phenolic OH excluding ortho intramolecular Hbond substituents is 2. The zero-order valence-corrected chi connectivity index (χ0v) is 10.9. The summed E-state index contributed by atoms with van der Waals surface area (Å²) in [6, 6.07) is 4.78. The molecule has 1 unspecified atom stereocenters. The fourth-order valence-electron chi connectivity index (χ4n) is 2.61. The molecule has 2 rings (SSSR count). The summed E-state index contributed by atoms with van der Waals surface area (Å²) in [5.74, 6) is 0.580.